The third-order valence-electron chi connectivity index (χ3n) is 3.56. The summed E-state index contributed by atoms with van der Waals surface area (Å²) in [6.45, 7) is 5.03. The van der Waals surface area contributed by atoms with E-state index in [4.69, 9.17) is 16.3 Å². The number of nitrogens with zero attached hydrogens (tertiary/aromatic N) is 3. The number of aryl methyl sites for hydroxylation is 2. The molecule has 2 aromatic rings. The van der Waals surface area contributed by atoms with Gasteiger partial charge in [0, 0.05) is 31.4 Å². The summed E-state index contributed by atoms with van der Waals surface area (Å²) >= 11 is 7.49. The Kier molecular flexibility index (Phi) is 4.31. The van der Waals surface area contributed by atoms with Gasteiger partial charge in [0.2, 0.25) is 0 Å². The van der Waals surface area contributed by atoms with E-state index in [1.165, 1.54) is 11.3 Å². The number of thiazole rings is 1. The Balaban J connectivity index is 1.66. The Bertz CT molecular complexity index is 704. The van der Waals surface area contributed by atoms with Crippen molar-refractivity contribution in [1.82, 2.24) is 14.9 Å². The van der Waals surface area contributed by atoms with Crippen LogP contribution in [0.5, 0.6) is 5.75 Å². The van der Waals surface area contributed by atoms with Gasteiger partial charge in [-0.3, -0.25) is 9.78 Å². The zero-order valence-corrected chi connectivity index (χ0v) is 13.9. The van der Waals surface area contributed by atoms with E-state index in [0.29, 0.717) is 23.9 Å². The van der Waals surface area contributed by atoms with Crippen LogP contribution < -0.4 is 4.74 Å². The number of rotatable bonds is 3. The van der Waals surface area contributed by atoms with Crippen LogP contribution in [0, 0.1) is 13.8 Å². The Morgan fingerprint density at radius 1 is 1.50 bits per heavy atom. The summed E-state index contributed by atoms with van der Waals surface area (Å²) in [5, 5.41) is 1.40. The minimum atomic E-state index is -0.0434. The average molecular weight is 338 g/mol. The lowest BCUT2D eigenvalue weighted by molar-refractivity contribution is 0.0776. The summed E-state index contributed by atoms with van der Waals surface area (Å²) < 4.78 is 5.88. The molecular formula is C15H16ClN3O2S. The van der Waals surface area contributed by atoms with Crippen molar-refractivity contribution >= 4 is 28.8 Å². The zero-order valence-electron chi connectivity index (χ0n) is 12.4. The van der Waals surface area contributed by atoms with E-state index < -0.39 is 0 Å². The first-order valence-corrected chi connectivity index (χ1v) is 8.23. The molecule has 0 unspecified atom stereocenters. The van der Waals surface area contributed by atoms with Crippen molar-refractivity contribution in [3.8, 4) is 5.75 Å². The first-order valence-electron chi connectivity index (χ1n) is 7.04. The third-order valence-corrected chi connectivity index (χ3v) is 4.90. The van der Waals surface area contributed by atoms with Crippen molar-refractivity contribution in [3.05, 3.63) is 39.1 Å². The molecule has 1 aliphatic rings. The number of carbonyl (C=O) groups is 1. The summed E-state index contributed by atoms with van der Waals surface area (Å²) in [4.78, 5) is 23.3. The highest BCUT2D eigenvalue weighted by molar-refractivity contribution is 7.13. The fourth-order valence-electron chi connectivity index (χ4n) is 2.52. The van der Waals surface area contributed by atoms with Crippen molar-refractivity contribution in [1.29, 1.82) is 0 Å². The monoisotopic (exact) mass is 337 g/mol. The van der Waals surface area contributed by atoms with Crippen molar-refractivity contribution in [3.63, 3.8) is 0 Å². The van der Waals surface area contributed by atoms with Crippen molar-refractivity contribution in [2.24, 2.45) is 0 Å². The highest BCUT2D eigenvalue weighted by Gasteiger charge is 2.30. The highest BCUT2D eigenvalue weighted by atomic mass is 35.5. The molecule has 0 N–H and O–H groups in total. The largest absolute Gasteiger partial charge is 0.487 e. The van der Waals surface area contributed by atoms with Crippen LogP contribution in [-0.2, 0) is 0 Å². The van der Waals surface area contributed by atoms with E-state index in [1.807, 2.05) is 18.7 Å². The number of amides is 1. The number of hydrogen-bond donors (Lipinski definition) is 0. The summed E-state index contributed by atoms with van der Waals surface area (Å²) in [7, 11) is 0. The minimum absolute atomic E-state index is 0.0371. The predicted octanol–water partition coefficient (Wildman–Crippen LogP) is 3.10. The molecule has 1 aliphatic heterocycles. The molecule has 5 nitrogen and oxygen atoms in total. The molecule has 3 rings (SSSR count). The maximum absolute atomic E-state index is 12.6. The Labute approximate surface area is 137 Å². The lowest BCUT2D eigenvalue weighted by atomic mass is 10.3. The van der Waals surface area contributed by atoms with Crippen molar-refractivity contribution in [2.75, 3.05) is 13.1 Å². The number of ether oxygens (including phenoxy) is 1. The number of aromatic nitrogens is 2. The third kappa shape index (κ3) is 3.08. The van der Waals surface area contributed by atoms with Crippen LogP contribution in [-0.4, -0.2) is 40.0 Å². The van der Waals surface area contributed by atoms with Gasteiger partial charge in [-0.2, -0.15) is 0 Å². The second-order valence-electron chi connectivity index (χ2n) is 5.23. The van der Waals surface area contributed by atoms with Gasteiger partial charge in [-0.15, -0.1) is 11.3 Å². The Morgan fingerprint density at radius 3 is 3.00 bits per heavy atom. The maximum Gasteiger partial charge on any atom is 0.265 e. The van der Waals surface area contributed by atoms with Gasteiger partial charge in [-0.1, -0.05) is 11.6 Å². The molecule has 22 heavy (non-hydrogen) atoms. The molecule has 2 aromatic heterocycles. The molecule has 0 radical (unpaired) electrons. The summed E-state index contributed by atoms with van der Waals surface area (Å²) in [5.74, 6) is 0.649. The lowest BCUT2D eigenvalue weighted by Crippen LogP contribution is -2.30. The van der Waals surface area contributed by atoms with E-state index in [2.05, 4.69) is 9.97 Å². The first-order chi connectivity index (χ1) is 10.5. The quantitative estimate of drug-likeness (QED) is 0.863. The fraction of sp³-hybridized carbons (Fsp3) is 0.400. The van der Waals surface area contributed by atoms with Gasteiger partial charge < -0.3 is 9.64 Å². The van der Waals surface area contributed by atoms with E-state index >= 15 is 0 Å². The smallest absolute Gasteiger partial charge is 0.265 e. The average Bonchev–Trinajstić information content (AvgIpc) is 3.07. The van der Waals surface area contributed by atoms with E-state index in [1.54, 1.807) is 18.5 Å². The molecule has 1 saturated heterocycles. The fourth-order valence-corrected chi connectivity index (χ4v) is 3.57. The van der Waals surface area contributed by atoms with Gasteiger partial charge in [0.15, 0.2) is 0 Å². The van der Waals surface area contributed by atoms with Crippen molar-refractivity contribution in [2.45, 2.75) is 26.4 Å². The second kappa shape index (κ2) is 6.22. The first kappa shape index (κ1) is 15.2. The van der Waals surface area contributed by atoms with Crippen LogP contribution in [0.4, 0.5) is 0 Å². The van der Waals surface area contributed by atoms with Gasteiger partial charge >= 0.3 is 0 Å². The molecule has 0 bridgehead atoms. The normalized spacial score (nSPS) is 17.8. The van der Waals surface area contributed by atoms with Crippen LogP contribution in [0.2, 0.25) is 5.02 Å². The van der Waals surface area contributed by atoms with E-state index in [-0.39, 0.29) is 12.0 Å². The van der Waals surface area contributed by atoms with Crippen LogP contribution in [0.25, 0.3) is 0 Å². The standard InChI is InChI=1S/C15H16ClN3O2S/c1-9-14(22-10(2)18-9)15(20)19-6-4-11(8-19)21-13-3-5-17-7-12(13)16/h3,5,7,11H,4,6,8H2,1-2H3/t11-/m1/s1. The minimum Gasteiger partial charge on any atom is -0.487 e. The van der Waals surface area contributed by atoms with Gasteiger partial charge in [-0.05, 0) is 13.8 Å². The van der Waals surface area contributed by atoms with Crippen LogP contribution in [0.3, 0.4) is 0 Å². The van der Waals surface area contributed by atoms with E-state index in [9.17, 15) is 4.79 Å². The summed E-state index contributed by atoms with van der Waals surface area (Å²) in [6.07, 6.45) is 3.94. The molecular weight excluding hydrogens is 322 g/mol. The number of likely N-dealkylation sites (tertiary alicyclic amines) is 1. The number of pyridine rings is 1. The van der Waals surface area contributed by atoms with Crippen LogP contribution in [0.15, 0.2) is 18.5 Å². The van der Waals surface area contributed by atoms with Crippen LogP contribution >= 0.6 is 22.9 Å². The molecule has 7 heteroatoms. The predicted molar refractivity (Wildman–Crippen MR) is 85.8 cm³/mol. The molecule has 0 aliphatic carbocycles. The molecule has 1 amide bonds. The van der Waals surface area contributed by atoms with Crippen LogP contribution in [0.1, 0.15) is 26.8 Å². The molecule has 1 fully saturated rings. The summed E-state index contributed by atoms with van der Waals surface area (Å²) in [6, 6.07) is 1.74. The van der Waals surface area contributed by atoms with Crippen molar-refractivity contribution < 1.29 is 9.53 Å². The Morgan fingerprint density at radius 2 is 2.32 bits per heavy atom. The summed E-state index contributed by atoms with van der Waals surface area (Å²) in [5.41, 5.74) is 0.800. The molecule has 0 aromatic carbocycles. The Hall–Kier alpha value is -1.66. The van der Waals surface area contributed by atoms with Gasteiger partial charge in [0.1, 0.15) is 21.8 Å². The maximum atomic E-state index is 12.6. The highest BCUT2D eigenvalue weighted by Crippen LogP contribution is 2.27. The second-order valence-corrected chi connectivity index (χ2v) is 6.84. The number of halogens is 1. The van der Waals surface area contributed by atoms with Gasteiger partial charge in [0.05, 0.1) is 17.2 Å². The molecule has 1 atom stereocenters. The molecule has 3 heterocycles. The van der Waals surface area contributed by atoms with Gasteiger partial charge in [-0.25, -0.2) is 4.98 Å². The zero-order chi connectivity index (χ0) is 15.7. The topological polar surface area (TPSA) is 55.3 Å². The van der Waals surface area contributed by atoms with E-state index in [0.717, 1.165) is 22.0 Å². The molecule has 0 saturated carbocycles. The molecule has 116 valence electrons. The lowest BCUT2D eigenvalue weighted by Gasteiger charge is -2.17. The number of carbonyl (C=O) groups excluding carboxylic acids is 1. The molecule has 0 spiro atoms. The SMILES string of the molecule is Cc1nc(C)c(C(=O)N2CC[C@@H](Oc3ccncc3Cl)C2)s1. The number of hydrogen-bond acceptors (Lipinski definition) is 5. The van der Waals surface area contributed by atoms with Gasteiger partial charge in [0.25, 0.3) is 5.91 Å².